The standard InChI is InChI=1S/C13H20BrN/c1-4-5-10(2)13(15-3)11-6-8-12(14)9-7-11/h6-10,13,15H,4-5H2,1-3H3. The molecule has 2 atom stereocenters. The zero-order valence-corrected chi connectivity index (χ0v) is 11.3. The number of benzene rings is 1. The van der Waals surface area contributed by atoms with Gasteiger partial charge < -0.3 is 5.32 Å². The van der Waals surface area contributed by atoms with Gasteiger partial charge in [0.1, 0.15) is 0 Å². The largest absolute Gasteiger partial charge is 0.313 e. The van der Waals surface area contributed by atoms with E-state index in [-0.39, 0.29) is 0 Å². The van der Waals surface area contributed by atoms with Crippen LogP contribution in [0.5, 0.6) is 0 Å². The second-order valence-corrected chi connectivity index (χ2v) is 5.00. The van der Waals surface area contributed by atoms with E-state index < -0.39 is 0 Å². The smallest absolute Gasteiger partial charge is 0.0343 e. The first-order valence-corrected chi connectivity index (χ1v) is 6.41. The second kappa shape index (κ2) is 6.29. The van der Waals surface area contributed by atoms with E-state index in [2.05, 4.69) is 59.4 Å². The first-order chi connectivity index (χ1) is 7.19. The van der Waals surface area contributed by atoms with E-state index >= 15 is 0 Å². The minimum absolute atomic E-state index is 0.470. The van der Waals surface area contributed by atoms with Crippen LogP contribution in [0.2, 0.25) is 0 Å². The van der Waals surface area contributed by atoms with Crippen molar-refractivity contribution in [3.8, 4) is 0 Å². The Hall–Kier alpha value is -0.340. The minimum Gasteiger partial charge on any atom is -0.313 e. The van der Waals surface area contributed by atoms with E-state index in [0.717, 1.165) is 4.47 Å². The number of halogens is 1. The van der Waals surface area contributed by atoms with Gasteiger partial charge in [0.25, 0.3) is 0 Å². The molecule has 0 aliphatic rings. The monoisotopic (exact) mass is 269 g/mol. The highest BCUT2D eigenvalue weighted by atomic mass is 79.9. The average molecular weight is 270 g/mol. The van der Waals surface area contributed by atoms with Crippen molar-refractivity contribution < 1.29 is 0 Å². The van der Waals surface area contributed by atoms with Crippen molar-refractivity contribution in [3.63, 3.8) is 0 Å². The molecule has 84 valence electrons. The zero-order chi connectivity index (χ0) is 11.3. The first kappa shape index (κ1) is 12.7. The fourth-order valence-corrected chi connectivity index (χ4v) is 2.34. The van der Waals surface area contributed by atoms with Gasteiger partial charge in [-0.2, -0.15) is 0 Å². The highest BCUT2D eigenvalue weighted by molar-refractivity contribution is 9.10. The first-order valence-electron chi connectivity index (χ1n) is 5.61. The van der Waals surface area contributed by atoms with E-state index in [1.807, 2.05) is 7.05 Å². The molecular formula is C13H20BrN. The van der Waals surface area contributed by atoms with E-state index in [1.54, 1.807) is 0 Å². The van der Waals surface area contributed by atoms with E-state index in [4.69, 9.17) is 0 Å². The van der Waals surface area contributed by atoms with Gasteiger partial charge >= 0.3 is 0 Å². The van der Waals surface area contributed by atoms with Crippen molar-refractivity contribution in [3.05, 3.63) is 34.3 Å². The lowest BCUT2D eigenvalue weighted by Crippen LogP contribution is -2.23. The Morgan fingerprint density at radius 1 is 1.27 bits per heavy atom. The molecule has 0 spiro atoms. The molecule has 2 heteroatoms. The number of rotatable bonds is 5. The molecule has 1 nitrogen and oxygen atoms in total. The van der Waals surface area contributed by atoms with Crippen LogP contribution in [-0.4, -0.2) is 7.05 Å². The normalized spacial score (nSPS) is 14.9. The second-order valence-electron chi connectivity index (χ2n) is 4.08. The third-order valence-corrected chi connectivity index (χ3v) is 3.38. The molecule has 0 radical (unpaired) electrons. The molecule has 0 bridgehead atoms. The summed E-state index contributed by atoms with van der Waals surface area (Å²) in [5.74, 6) is 0.682. The lowest BCUT2D eigenvalue weighted by molar-refractivity contribution is 0.384. The van der Waals surface area contributed by atoms with Crippen LogP contribution in [0.15, 0.2) is 28.7 Å². The summed E-state index contributed by atoms with van der Waals surface area (Å²) < 4.78 is 1.14. The summed E-state index contributed by atoms with van der Waals surface area (Å²) in [4.78, 5) is 0. The Labute approximate surface area is 101 Å². The maximum Gasteiger partial charge on any atom is 0.0343 e. The van der Waals surface area contributed by atoms with Gasteiger partial charge in [0, 0.05) is 10.5 Å². The van der Waals surface area contributed by atoms with Crippen molar-refractivity contribution in [1.82, 2.24) is 5.32 Å². The summed E-state index contributed by atoms with van der Waals surface area (Å²) >= 11 is 3.46. The highest BCUT2D eigenvalue weighted by Gasteiger charge is 2.16. The lowest BCUT2D eigenvalue weighted by Gasteiger charge is -2.23. The Kier molecular flexibility index (Phi) is 5.34. The van der Waals surface area contributed by atoms with Gasteiger partial charge in [0.15, 0.2) is 0 Å². The van der Waals surface area contributed by atoms with Crippen LogP contribution >= 0.6 is 15.9 Å². The fraction of sp³-hybridized carbons (Fsp3) is 0.538. The minimum atomic E-state index is 0.470. The quantitative estimate of drug-likeness (QED) is 0.847. The summed E-state index contributed by atoms with van der Waals surface area (Å²) in [6.07, 6.45) is 2.51. The molecule has 15 heavy (non-hydrogen) atoms. The molecule has 0 aliphatic carbocycles. The van der Waals surface area contributed by atoms with Gasteiger partial charge in [-0.1, -0.05) is 48.3 Å². The number of nitrogens with one attached hydrogen (secondary N) is 1. The molecule has 1 aromatic carbocycles. The SMILES string of the molecule is CCCC(C)C(NC)c1ccc(Br)cc1. The van der Waals surface area contributed by atoms with Gasteiger partial charge in [-0.3, -0.25) is 0 Å². The van der Waals surface area contributed by atoms with E-state index in [9.17, 15) is 0 Å². The van der Waals surface area contributed by atoms with E-state index in [1.165, 1.54) is 18.4 Å². The molecule has 0 heterocycles. The van der Waals surface area contributed by atoms with Crippen LogP contribution < -0.4 is 5.32 Å². The van der Waals surface area contributed by atoms with Gasteiger partial charge in [-0.05, 0) is 37.1 Å². The van der Waals surface area contributed by atoms with Gasteiger partial charge in [0.2, 0.25) is 0 Å². The van der Waals surface area contributed by atoms with Crippen molar-refractivity contribution in [2.24, 2.45) is 5.92 Å². The summed E-state index contributed by atoms with van der Waals surface area (Å²) in [6.45, 7) is 4.55. The summed E-state index contributed by atoms with van der Waals surface area (Å²) in [5.41, 5.74) is 1.38. The maximum absolute atomic E-state index is 3.46. The Balaban J connectivity index is 2.77. The lowest BCUT2D eigenvalue weighted by atomic mass is 9.91. The molecule has 0 saturated heterocycles. The predicted molar refractivity (Wildman–Crippen MR) is 70.0 cm³/mol. The summed E-state index contributed by atoms with van der Waals surface area (Å²) in [7, 11) is 2.04. The topological polar surface area (TPSA) is 12.0 Å². The molecule has 0 aliphatic heterocycles. The van der Waals surface area contributed by atoms with Crippen LogP contribution in [0.3, 0.4) is 0 Å². The molecule has 0 aromatic heterocycles. The molecule has 1 aromatic rings. The Bertz CT molecular complexity index is 281. The molecule has 1 N–H and O–H groups in total. The molecule has 0 amide bonds. The molecular weight excluding hydrogens is 250 g/mol. The van der Waals surface area contributed by atoms with Gasteiger partial charge in [-0.25, -0.2) is 0 Å². The van der Waals surface area contributed by atoms with Crippen molar-refractivity contribution in [2.75, 3.05) is 7.05 Å². The summed E-state index contributed by atoms with van der Waals surface area (Å²) in [6, 6.07) is 9.07. The third kappa shape index (κ3) is 3.62. The number of hydrogen-bond donors (Lipinski definition) is 1. The zero-order valence-electron chi connectivity index (χ0n) is 9.76. The van der Waals surface area contributed by atoms with Crippen LogP contribution in [0.1, 0.15) is 38.3 Å². The predicted octanol–water partition coefficient (Wildman–Crippen LogP) is 4.15. The average Bonchev–Trinajstić information content (AvgIpc) is 2.22. The van der Waals surface area contributed by atoms with Crippen LogP contribution in [0.4, 0.5) is 0 Å². The van der Waals surface area contributed by atoms with E-state index in [0.29, 0.717) is 12.0 Å². The van der Waals surface area contributed by atoms with Gasteiger partial charge in [0.05, 0.1) is 0 Å². The highest BCUT2D eigenvalue weighted by Crippen LogP contribution is 2.26. The number of hydrogen-bond acceptors (Lipinski definition) is 1. The van der Waals surface area contributed by atoms with Gasteiger partial charge in [-0.15, -0.1) is 0 Å². The molecule has 0 saturated carbocycles. The Morgan fingerprint density at radius 3 is 2.33 bits per heavy atom. The van der Waals surface area contributed by atoms with Crippen LogP contribution in [0, 0.1) is 5.92 Å². The van der Waals surface area contributed by atoms with Crippen molar-refractivity contribution >= 4 is 15.9 Å². The van der Waals surface area contributed by atoms with Crippen LogP contribution in [-0.2, 0) is 0 Å². The molecule has 2 unspecified atom stereocenters. The fourth-order valence-electron chi connectivity index (χ4n) is 2.07. The molecule has 1 rings (SSSR count). The Morgan fingerprint density at radius 2 is 1.87 bits per heavy atom. The van der Waals surface area contributed by atoms with Crippen molar-refractivity contribution in [1.29, 1.82) is 0 Å². The maximum atomic E-state index is 3.46. The van der Waals surface area contributed by atoms with Crippen molar-refractivity contribution in [2.45, 2.75) is 32.7 Å². The van der Waals surface area contributed by atoms with Crippen LogP contribution in [0.25, 0.3) is 0 Å². The third-order valence-electron chi connectivity index (χ3n) is 2.85. The summed E-state index contributed by atoms with van der Waals surface area (Å²) in [5, 5.41) is 3.41. The molecule has 0 fully saturated rings.